The molecule has 28 heavy (non-hydrogen) atoms. The Morgan fingerprint density at radius 2 is 1.36 bits per heavy atom. The van der Waals surface area contributed by atoms with Gasteiger partial charge in [-0.25, -0.2) is 0 Å². The minimum Gasteiger partial charge on any atom is -0.467 e. The van der Waals surface area contributed by atoms with Crippen molar-refractivity contribution in [3.63, 3.8) is 0 Å². The van der Waals surface area contributed by atoms with E-state index in [-0.39, 0.29) is 17.7 Å². The summed E-state index contributed by atoms with van der Waals surface area (Å²) in [6, 6.07) is 16.7. The van der Waals surface area contributed by atoms with Crippen LogP contribution >= 0.6 is 0 Å². The van der Waals surface area contributed by atoms with Gasteiger partial charge in [0, 0.05) is 29.4 Å². The fourth-order valence-electron chi connectivity index (χ4n) is 2.50. The first-order valence-corrected chi connectivity index (χ1v) is 8.61. The SMILES string of the molecule is CC(=O)Nc1ccc(NC(=O)c2ccc(C(=O)NCc3ccco3)cc2)cc1. The average molecular weight is 377 g/mol. The van der Waals surface area contributed by atoms with E-state index in [9.17, 15) is 14.4 Å². The highest BCUT2D eigenvalue weighted by molar-refractivity contribution is 6.05. The molecule has 7 heteroatoms. The van der Waals surface area contributed by atoms with Gasteiger partial charge in [0.25, 0.3) is 11.8 Å². The van der Waals surface area contributed by atoms with Crippen LogP contribution < -0.4 is 16.0 Å². The monoisotopic (exact) mass is 377 g/mol. The van der Waals surface area contributed by atoms with Gasteiger partial charge < -0.3 is 20.4 Å². The average Bonchev–Trinajstić information content (AvgIpc) is 3.21. The topological polar surface area (TPSA) is 100 Å². The molecule has 1 aromatic heterocycles. The standard InChI is InChI=1S/C21H19N3O4/c1-14(25)23-17-8-10-18(11-9-17)24-21(27)16-6-4-15(5-7-16)20(26)22-13-19-3-2-12-28-19/h2-12H,13H2,1H3,(H,22,26)(H,23,25)(H,24,27). The highest BCUT2D eigenvalue weighted by Gasteiger charge is 2.10. The third-order valence-electron chi connectivity index (χ3n) is 3.88. The zero-order chi connectivity index (χ0) is 19.9. The molecule has 7 nitrogen and oxygen atoms in total. The normalized spacial score (nSPS) is 10.2. The van der Waals surface area contributed by atoms with Crippen LogP contribution in [0.1, 0.15) is 33.4 Å². The van der Waals surface area contributed by atoms with Crippen molar-refractivity contribution in [1.82, 2.24) is 5.32 Å². The van der Waals surface area contributed by atoms with Crippen LogP contribution in [0.25, 0.3) is 0 Å². The number of furan rings is 1. The first kappa shape index (κ1) is 18.9. The molecular weight excluding hydrogens is 358 g/mol. The lowest BCUT2D eigenvalue weighted by Gasteiger charge is -2.08. The Labute approximate surface area is 161 Å². The molecule has 2 aromatic carbocycles. The molecule has 0 saturated heterocycles. The largest absolute Gasteiger partial charge is 0.467 e. The van der Waals surface area contributed by atoms with Crippen LogP contribution in [0.15, 0.2) is 71.3 Å². The molecular formula is C21H19N3O4. The number of hydrogen-bond acceptors (Lipinski definition) is 4. The predicted octanol–water partition coefficient (Wildman–Crippen LogP) is 3.42. The zero-order valence-corrected chi connectivity index (χ0v) is 15.2. The number of anilines is 2. The molecule has 0 fully saturated rings. The number of rotatable bonds is 6. The number of hydrogen-bond donors (Lipinski definition) is 3. The van der Waals surface area contributed by atoms with E-state index in [1.807, 2.05) is 0 Å². The quantitative estimate of drug-likeness (QED) is 0.613. The number of carbonyl (C=O) groups is 3. The summed E-state index contributed by atoms with van der Waals surface area (Å²) >= 11 is 0. The van der Waals surface area contributed by atoms with Gasteiger partial charge >= 0.3 is 0 Å². The second kappa shape index (κ2) is 8.68. The van der Waals surface area contributed by atoms with E-state index >= 15 is 0 Å². The first-order valence-electron chi connectivity index (χ1n) is 8.61. The van der Waals surface area contributed by atoms with Crippen molar-refractivity contribution in [2.75, 3.05) is 10.6 Å². The molecule has 3 amide bonds. The Hall–Kier alpha value is -3.87. The van der Waals surface area contributed by atoms with Crippen LogP contribution in [0, 0.1) is 0 Å². The van der Waals surface area contributed by atoms with Crippen LogP contribution in [0.5, 0.6) is 0 Å². The number of benzene rings is 2. The van der Waals surface area contributed by atoms with E-state index in [1.54, 1.807) is 66.9 Å². The zero-order valence-electron chi connectivity index (χ0n) is 15.2. The summed E-state index contributed by atoms with van der Waals surface area (Å²) in [5.41, 5.74) is 2.12. The molecule has 0 aliphatic carbocycles. The van der Waals surface area contributed by atoms with E-state index < -0.39 is 0 Å². The molecule has 0 bridgehead atoms. The number of nitrogens with one attached hydrogen (secondary N) is 3. The molecule has 3 rings (SSSR count). The van der Waals surface area contributed by atoms with Gasteiger partial charge in [0.2, 0.25) is 5.91 Å². The molecule has 0 spiro atoms. The first-order chi connectivity index (χ1) is 13.5. The number of amides is 3. The highest BCUT2D eigenvalue weighted by atomic mass is 16.3. The third-order valence-corrected chi connectivity index (χ3v) is 3.88. The van der Waals surface area contributed by atoms with Crippen LogP contribution in [0.3, 0.4) is 0 Å². The van der Waals surface area contributed by atoms with Gasteiger partial charge in [-0.2, -0.15) is 0 Å². The fraction of sp³-hybridized carbons (Fsp3) is 0.0952. The van der Waals surface area contributed by atoms with Gasteiger partial charge in [-0.3, -0.25) is 14.4 Å². The molecule has 0 saturated carbocycles. The molecule has 3 aromatic rings. The summed E-state index contributed by atoms with van der Waals surface area (Å²) in [5.74, 6) is -0.0503. The smallest absolute Gasteiger partial charge is 0.255 e. The summed E-state index contributed by atoms with van der Waals surface area (Å²) in [6.07, 6.45) is 1.54. The molecule has 0 unspecified atom stereocenters. The lowest BCUT2D eigenvalue weighted by Crippen LogP contribution is -2.22. The van der Waals surface area contributed by atoms with Crippen molar-refractivity contribution in [1.29, 1.82) is 0 Å². The number of carbonyl (C=O) groups excluding carboxylic acids is 3. The Balaban J connectivity index is 1.57. The maximum atomic E-state index is 12.3. The van der Waals surface area contributed by atoms with E-state index in [0.717, 1.165) is 0 Å². The molecule has 0 aliphatic heterocycles. The molecule has 142 valence electrons. The van der Waals surface area contributed by atoms with Crippen molar-refractivity contribution >= 4 is 29.1 Å². The van der Waals surface area contributed by atoms with Gasteiger partial charge in [0.05, 0.1) is 12.8 Å². The Morgan fingerprint density at radius 3 is 1.89 bits per heavy atom. The summed E-state index contributed by atoms with van der Waals surface area (Å²) in [6.45, 7) is 1.72. The lowest BCUT2D eigenvalue weighted by atomic mass is 10.1. The summed E-state index contributed by atoms with van der Waals surface area (Å²) in [4.78, 5) is 35.5. The molecule has 1 heterocycles. The summed E-state index contributed by atoms with van der Waals surface area (Å²) in [7, 11) is 0. The third kappa shape index (κ3) is 5.07. The van der Waals surface area contributed by atoms with Gasteiger partial charge in [-0.1, -0.05) is 0 Å². The minimum atomic E-state index is -0.296. The summed E-state index contributed by atoms with van der Waals surface area (Å²) < 4.78 is 5.16. The van der Waals surface area contributed by atoms with Crippen LogP contribution in [-0.2, 0) is 11.3 Å². The van der Waals surface area contributed by atoms with Crippen molar-refractivity contribution in [2.24, 2.45) is 0 Å². The van der Waals surface area contributed by atoms with Gasteiger partial charge in [-0.15, -0.1) is 0 Å². The van der Waals surface area contributed by atoms with Gasteiger partial charge in [0.15, 0.2) is 0 Å². The minimum absolute atomic E-state index is 0.162. The molecule has 0 aliphatic rings. The Bertz CT molecular complexity index is 962. The van der Waals surface area contributed by atoms with Crippen molar-refractivity contribution in [2.45, 2.75) is 13.5 Å². The van der Waals surface area contributed by atoms with E-state index in [2.05, 4.69) is 16.0 Å². The fourth-order valence-corrected chi connectivity index (χ4v) is 2.50. The molecule has 0 radical (unpaired) electrons. The maximum absolute atomic E-state index is 12.3. The van der Waals surface area contributed by atoms with Gasteiger partial charge in [-0.05, 0) is 60.7 Å². The van der Waals surface area contributed by atoms with E-state index in [4.69, 9.17) is 4.42 Å². The predicted molar refractivity (Wildman–Crippen MR) is 105 cm³/mol. The van der Waals surface area contributed by atoms with Crippen molar-refractivity contribution in [3.05, 3.63) is 83.8 Å². The van der Waals surface area contributed by atoms with Crippen LogP contribution in [0.4, 0.5) is 11.4 Å². The van der Waals surface area contributed by atoms with E-state index in [1.165, 1.54) is 6.92 Å². The Morgan fingerprint density at radius 1 is 0.786 bits per heavy atom. The lowest BCUT2D eigenvalue weighted by molar-refractivity contribution is -0.114. The van der Waals surface area contributed by atoms with Crippen LogP contribution in [-0.4, -0.2) is 17.7 Å². The summed E-state index contributed by atoms with van der Waals surface area (Å²) in [5, 5.41) is 8.17. The maximum Gasteiger partial charge on any atom is 0.255 e. The highest BCUT2D eigenvalue weighted by Crippen LogP contribution is 2.15. The van der Waals surface area contributed by atoms with E-state index in [0.29, 0.717) is 34.8 Å². The molecule has 3 N–H and O–H groups in total. The van der Waals surface area contributed by atoms with Crippen LogP contribution in [0.2, 0.25) is 0 Å². The second-order valence-corrected chi connectivity index (χ2v) is 6.05. The second-order valence-electron chi connectivity index (χ2n) is 6.05. The Kier molecular flexibility index (Phi) is 5.86. The van der Waals surface area contributed by atoms with Crippen molar-refractivity contribution < 1.29 is 18.8 Å². The van der Waals surface area contributed by atoms with Gasteiger partial charge in [0.1, 0.15) is 5.76 Å². The molecule has 0 atom stereocenters. The van der Waals surface area contributed by atoms with Crippen molar-refractivity contribution in [3.8, 4) is 0 Å².